The number of hydrogen-bond donors (Lipinski definition) is 1. The molecule has 0 aromatic heterocycles. The van der Waals surface area contributed by atoms with Crippen molar-refractivity contribution in [2.24, 2.45) is 23.2 Å². The van der Waals surface area contributed by atoms with Crippen molar-refractivity contribution < 1.29 is 9.90 Å². The lowest BCUT2D eigenvalue weighted by Gasteiger charge is -2.39. The first-order valence-electron chi connectivity index (χ1n) is 7.76. The van der Waals surface area contributed by atoms with E-state index in [9.17, 15) is 9.90 Å². The minimum absolute atomic E-state index is 0.144. The van der Waals surface area contributed by atoms with Crippen molar-refractivity contribution in [3.8, 4) is 0 Å². The van der Waals surface area contributed by atoms with Crippen LogP contribution in [0.2, 0.25) is 0 Å². The molecule has 4 atom stereocenters. The summed E-state index contributed by atoms with van der Waals surface area (Å²) in [5.41, 5.74) is 0.341. The Morgan fingerprint density at radius 2 is 1.89 bits per heavy atom. The summed E-state index contributed by atoms with van der Waals surface area (Å²) in [6.45, 7) is 11.4. The predicted octanol–water partition coefficient (Wildman–Crippen LogP) is 3.24. The van der Waals surface area contributed by atoms with Gasteiger partial charge in [0.1, 0.15) is 0 Å². The third-order valence-electron chi connectivity index (χ3n) is 5.31. The maximum absolute atomic E-state index is 11.5. The van der Waals surface area contributed by atoms with Crippen molar-refractivity contribution in [3.63, 3.8) is 0 Å². The van der Waals surface area contributed by atoms with Gasteiger partial charge in [0.25, 0.3) is 0 Å². The molecule has 0 radical (unpaired) electrons. The van der Waals surface area contributed by atoms with Crippen LogP contribution in [0.25, 0.3) is 0 Å². The second kappa shape index (κ2) is 5.43. The van der Waals surface area contributed by atoms with Crippen LogP contribution < -0.4 is 0 Å². The molecule has 1 aliphatic carbocycles. The first kappa shape index (κ1) is 14.8. The SMILES string of the molecule is CC1CCC(C(=O)O)C(N2CCC(C(C)(C)C)C2)C1. The number of carboxylic acid groups (broad SMARTS) is 1. The Labute approximate surface area is 117 Å². The highest BCUT2D eigenvalue weighted by Crippen LogP contribution is 2.39. The lowest BCUT2D eigenvalue weighted by molar-refractivity contribution is -0.146. The number of rotatable bonds is 2. The van der Waals surface area contributed by atoms with Crippen LogP contribution in [0.5, 0.6) is 0 Å². The Kier molecular flexibility index (Phi) is 4.24. The number of hydrogen-bond acceptors (Lipinski definition) is 2. The van der Waals surface area contributed by atoms with Gasteiger partial charge in [-0.2, -0.15) is 0 Å². The zero-order valence-electron chi connectivity index (χ0n) is 12.9. The molecule has 1 N–H and O–H groups in total. The van der Waals surface area contributed by atoms with Crippen molar-refractivity contribution in [2.45, 2.75) is 59.4 Å². The lowest BCUT2D eigenvalue weighted by Crippen LogP contribution is -2.46. The van der Waals surface area contributed by atoms with E-state index in [0.29, 0.717) is 17.3 Å². The molecule has 0 aromatic rings. The quantitative estimate of drug-likeness (QED) is 0.835. The minimum Gasteiger partial charge on any atom is -0.481 e. The highest BCUT2D eigenvalue weighted by atomic mass is 16.4. The van der Waals surface area contributed by atoms with Crippen LogP contribution in [0.4, 0.5) is 0 Å². The molecule has 3 nitrogen and oxygen atoms in total. The Bertz CT molecular complexity index is 334. The zero-order valence-corrected chi connectivity index (χ0v) is 12.9. The molecule has 1 saturated carbocycles. The van der Waals surface area contributed by atoms with Crippen molar-refractivity contribution in [1.29, 1.82) is 0 Å². The average Bonchev–Trinajstić information content (AvgIpc) is 2.77. The molecule has 0 amide bonds. The summed E-state index contributed by atoms with van der Waals surface area (Å²) in [6, 6.07) is 0.272. The summed E-state index contributed by atoms with van der Waals surface area (Å²) < 4.78 is 0. The fourth-order valence-electron chi connectivity index (χ4n) is 3.84. The average molecular weight is 267 g/mol. The minimum atomic E-state index is -0.587. The van der Waals surface area contributed by atoms with Crippen molar-refractivity contribution in [1.82, 2.24) is 4.90 Å². The van der Waals surface area contributed by atoms with Crippen LogP contribution in [0.1, 0.15) is 53.4 Å². The largest absolute Gasteiger partial charge is 0.481 e. The Hall–Kier alpha value is -0.570. The molecule has 110 valence electrons. The van der Waals surface area contributed by atoms with Gasteiger partial charge in [0.2, 0.25) is 0 Å². The van der Waals surface area contributed by atoms with Gasteiger partial charge in [-0.25, -0.2) is 0 Å². The Morgan fingerprint density at radius 3 is 2.42 bits per heavy atom. The van der Waals surface area contributed by atoms with Crippen LogP contribution in [0, 0.1) is 23.2 Å². The molecule has 2 aliphatic rings. The van der Waals surface area contributed by atoms with Crippen LogP contribution in [-0.2, 0) is 4.79 Å². The smallest absolute Gasteiger partial charge is 0.308 e. The number of aliphatic carboxylic acids is 1. The molecule has 4 unspecified atom stereocenters. The second-order valence-electron chi connectivity index (χ2n) is 7.78. The van der Waals surface area contributed by atoms with Crippen molar-refractivity contribution in [2.75, 3.05) is 13.1 Å². The number of carbonyl (C=O) groups is 1. The molecule has 2 fully saturated rings. The van der Waals surface area contributed by atoms with E-state index < -0.39 is 5.97 Å². The molecule has 3 heteroatoms. The van der Waals surface area contributed by atoms with E-state index in [0.717, 1.165) is 32.4 Å². The van der Waals surface area contributed by atoms with Gasteiger partial charge >= 0.3 is 5.97 Å². The second-order valence-corrected chi connectivity index (χ2v) is 7.78. The molecular formula is C16H29NO2. The van der Waals surface area contributed by atoms with E-state index in [2.05, 4.69) is 32.6 Å². The predicted molar refractivity (Wildman–Crippen MR) is 77.1 cm³/mol. The number of nitrogens with zero attached hydrogens (tertiary/aromatic N) is 1. The Balaban J connectivity index is 2.05. The highest BCUT2D eigenvalue weighted by Gasteiger charge is 2.41. The molecule has 1 heterocycles. The molecule has 2 rings (SSSR count). The maximum atomic E-state index is 11.5. The molecule has 0 bridgehead atoms. The first-order valence-corrected chi connectivity index (χ1v) is 7.76. The van der Waals surface area contributed by atoms with E-state index in [1.165, 1.54) is 6.42 Å². The first-order chi connectivity index (χ1) is 8.79. The van der Waals surface area contributed by atoms with Gasteiger partial charge in [0.15, 0.2) is 0 Å². The summed E-state index contributed by atoms with van der Waals surface area (Å²) in [6.07, 6.45) is 4.22. The van der Waals surface area contributed by atoms with Gasteiger partial charge in [-0.05, 0) is 49.5 Å². The summed E-state index contributed by atoms with van der Waals surface area (Å²) in [5, 5.41) is 9.45. The van der Waals surface area contributed by atoms with Gasteiger partial charge in [-0.15, -0.1) is 0 Å². The van der Waals surface area contributed by atoms with E-state index in [1.807, 2.05) is 0 Å². The van der Waals surface area contributed by atoms with Crippen molar-refractivity contribution in [3.05, 3.63) is 0 Å². The fraction of sp³-hybridized carbons (Fsp3) is 0.938. The molecule has 0 spiro atoms. The molecule has 1 aliphatic heterocycles. The molecule has 1 saturated heterocycles. The van der Waals surface area contributed by atoms with E-state index >= 15 is 0 Å². The van der Waals surface area contributed by atoms with Crippen molar-refractivity contribution >= 4 is 5.97 Å². The standard InChI is InChI=1S/C16H29NO2/c1-11-5-6-13(15(18)19)14(9-11)17-8-7-12(10-17)16(2,3)4/h11-14H,5-10H2,1-4H3,(H,18,19). The maximum Gasteiger partial charge on any atom is 0.308 e. The fourth-order valence-corrected chi connectivity index (χ4v) is 3.84. The summed E-state index contributed by atoms with van der Waals surface area (Å²) in [4.78, 5) is 14.0. The summed E-state index contributed by atoms with van der Waals surface area (Å²) >= 11 is 0. The molecule has 19 heavy (non-hydrogen) atoms. The van der Waals surface area contributed by atoms with Crippen LogP contribution in [0.15, 0.2) is 0 Å². The monoisotopic (exact) mass is 267 g/mol. The highest BCUT2D eigenvalue weighted by molar-refractivity contribution is 5.71. The lowest BCUT2D eigenvalue weighted by atomic mass is 9.78. The van der Waals surface area contributed by atoms with Crippen LogP contribution in [0.3, 0.4) is 0 Å². The normalized spacial score (nSPS) is 37.5. The third-order valence-corrected chi connectivity index (χ3v) is 5.31. The number of carboxylic acids is 1. The Morgan fingerprint density at radius 1 is 1.21 bits per heavy atom. The van der Waals surface area contributed by atoms with Crippen LogP contribution >= 0.6 is 0 Å². The van der Waals surface area contributed by atoms with Gasteiger partial charge in [0, 0.05) is 12.6 Å². The molecular weight excluding hydrogens is 238 g/mol. The molecule has 0 aromatic carbocycles. The van der Waals surface area contributed by atoms with E-state index in [4.69, 9.17) is 0 Å². The zero-order chi connectivity index (χ0) is 14.2. The van der Waals surface area contributed by atoms with Gasteiger partial charge < -0.3 is 5.11 Å². The van der Waals surface area contributed by atoms with Gasteiger partial charge in [-0.3, -0.25) is 9.69 Å². The summed E-state index contributed by atoms with van der Waals surface area (Å²) in [7, 11) is 0. The summed E-state index contributed by atoms with van der Waals surface area (Å²) in [5.74, 6) is 0.652. The van der Waals surface area contributed by atoms with Crippen LogP contribution in [-0.4, -0.2) is 35.1 Å². The van der Waals surface area contributed by atoms with Gasteiger partial charge in [-0.1, -0.05) is 27.7 Å². The van der Waals surface area contributed by atoms with Gasteiger partial charge in [0.05, 0.1) is 5.92 Å². The van der Waals surface area contributed by atoms with E-state index in [-0.39, 0.29) is 12.0 Å². The topological polar surface area (TPSA) is 40.5 Å². The number of likely N-dealkylation sites (tertiary alicyclic amines) is 1. The third kappa shape index (κ3) is 3.31. The van der Waals surface area contributed by atoms with E-state index in [1.54, 1.807) is 0 Å².